The number of aliphatic imine (C=N–C) groups is 1. The van der Waals surface area contributed by atoms with Crippen molar-refractivity contribution in [1.29, 1.82) is 5.26 Å². The minimum atomic E-state index is -4.41. The lowest BCUT2D eigenvalue weighted by molar-refractivity contribution is -0.118. The Morgan fingerprint density at radius 3 is 2.91 bits per heavy atom. The summed E-state index contributed by atoms with van der Waals surface area (Å²) in [6.07, 6.45) is -2.27. The zero-order valence-electron chi connectivity index (χ0n) is 11.6. The number of aromatic nitrogens is 2. The summed E-state index contributed by atoms with van der Waals surface area (Å²) >= 11 is 0. The number of nitriles is 1. The molecule has 1 aromatic heterocycles. The van der Waals surface area contributed by atoms with Crippen LogP contribution in [0.4, 0.5) is 19.0 Å². The first-order valence-electron chi connectivity index (χ1n) is 6.31. The van der Waals surface area contributed by atoms with Crippen molar-refractivity contribution < 1.29 is 17.9 Å². The van der Waals surface area contributed by atoms with Crippen LogP contribution in [0.5, 0.6) is 0 Å². The second-order valence-corrected chi connectivity index (χ2v) is 4.07. The van der Waals surface area contributed by atoms with Crippen molar-refractivity contribution in [3.05, 3.63) is 18.1 Å². The fourth-order valence-corrected chi connectivity index (χ4v) is 1.32. The van der Waals surface area contributed by atoms with E-state index in [0.717, 1.165) is 0 Å². The molecule has 7 nitrogen and oxygen atoms in total. The third kappa shape index (κ3) is 8.01. The number of hydrogen-bond donors (Lipinski definition) is 2. The second kappa shape index (κ2) is 8.78. The minimum absolute atomic E-state index is 0.241. The van der Waals surface area contributed by atoms with Crippen LogP contribution in [0.2, 0.25) is 0 Å². The average molecular weight is 316 g/mol. The molecule has 0 unspecified atom stereocenters. The lowest BCUT2D eigenvalue weighted by atomic mass is 10.4. The zero-order valence-corrected chi connectivity index (χ0v) is 11.6. The van der Waals surface area contributed by atoms with Crippen molar-refractivity contribution >= 4 is 11.8 Å². The van der Waals surface area contributed by atoms with E-state index >= 15 is 0 Å². The summed E-state index contributed by atoms with van der Waals surface area (Å²) < 4.78 is 41.2. The van der Waals surface area contributed by atoms with E-state index < -0.39 is 12.7 Å². The highest BCUT2D eigenvalue weighted by Crippen LogP contribution is 2.14. The molecule has 0 amide bonds. The van der Waals surface area contributed by atoms with Crippen LogP contribution in [0.25, 0.3) is 0 Å². The SMILES string of the molecule is N#CCCOCCc1nccc(NC(N)=NCC(F)(F)F)n1. The molecule has 0 atom stereocenters. The number of nitrogens with zero attached hydrogens (tertiary/aromatic N) is 4. The smallest absolute Gasteiger partial charge is 0.380 e. The van der Waals surface area contributed by atoms with Crippen LogP contribution >= 0.6 is 0 Å². The van der Waals surface area contributed by atoms with Gasteiger partial charge in [0.2, 0.25) is 0 Å². The van der Waals surface area contributed by atoms with Gasteiger partial charge in [-0.15, -0.1) is 0 Å². The third-order valence-corrected chi connectivity index (χ3v) is 2.22. The molecule has 10 heteroatoms. The van der Waals surface area contributed by atoms with Gasteiger partial charge in [-0.3, -0.25) is 0 Å². The molecule has 0 saturated carbocycles. The van der Waals surface area contributed by atoms with Gasteiger partial charge in [0, 0.05) is 12.6 Å². The molecule has 120 valence electrons. The summed E-state index contributed by atoms with van der Waals surface area (Å²) in [4.78, 5) is 11.2. The van der Waals surface area contributed by atoms with Crippen molar-refractivity contribution in [1.82, 2.24) is 9.97 Å². The number of halogens is 3. The number of nitrogens with one attached hydrogen (secondary N) is 1. The fraction of sp³-hybridized carbons (Fsp3) is 0.500. The number of rotatable bonds is 7. The molecule has 22 heavy (non-hydrogen) atoms. The van der Waals surface area contributed by atoms with Gasteiger partial charge in [-0.25, -0.2) is 15.0 Å². The predicted octanol–water partition coefficient (Wildman–Crippen LogP) is 1.24. The fourth-order valence-electron chi connectivity index (χ4n) is 1.32. The van der Waals surface area contributed by atoms with Crippen LogP contribution in [0.3, 0.4) is 0 Å². The highest BCUT2D eigenvalue weighted by molar-refractivity contribution is 5.91. The molecular weight excluding hydrogens is 301 g/mol. The lowest BCUT2D eigenvalue weighted by Gasteiger charge is -2.07. The normalized spacial score (nSPS) is 12.0. The molecule has 3 N–H and O–H groups in total. The van der Waals surface area contributed by atoms with Crippen LogP contribution in [-0.2, 0) is 11.2 Å². The monoisotopic (exact) mass is 316 g/mol. The summed E-state index contributed by atoms with van der Waals surface area (Å²) in [5, 5.41) is 10.8. The Balaban J connectivity index is 2.48. The van der Waals surface area contributed by atoms with Crippen LogP contribution in [0, 0.1) is 11.3 Å². The van der Waals surface area contributed by atoms with Crippen molar-refractivity contribution in [3.63, 3.8) is 0 Å². The van der Waals surface area contributed by atoms with E-state index in [1.54, 1.807) is 0 Å². The first-order valence-corrected chi connectivity index (χ1v) is 6.31. The van der Waals surface area contributed by atoms with Crippen molar-refractivity contribution in [3.8, 4) is 6.07 Å². The molecule has 0 aromatic carbocycles. The van der Waals surface area contributed by atoms with Gasteiger partial charge in [0.15, 0.2) is 5.96 Å². The van der Waals surface area contributed by atoms with Crippen molar-refractivity contribution in [2.24, 2.45) is 10.7 Å². The number of hydrogen-bond acceptors (Lipinski definition) is 5. The first-order chi connectivity index (χ1) is 10.4. The molecule has 1 rings (SSSR count). The zero-order chi connectivity index (χ0) is 16.4. The minimum Gasteiger partial charge on any atom is -0.380 e. The number of ether oxygens (including phenoxy) is 1. The summed E-state index contributed by atoms with van der Waals surface area (Å²) in [5.74, 6) is 0.295. The van der Waals surface area contributed by atoms with Crippen LogP contribution in [-0.4, -0.2) is 41.9 Å². The molecule has 0 spiro atoms. The van der Waals surface area contributed by atoms with E-state index in [-0.39, 0.29) is 11.8 Å². The Morgan fingerprint density at radius 1 is 1.45 bits per heavy atom. The summed E-state index contributed by atoms with van der Waals surface area (Å²) in [7, 11) is 0. The van der Waals surface area contributed by atoms with Crippen LogP contribution < -0.4 is 11.1 Å². The maximum absolute atomic E-state index is 12.0. The standard InChI is InChI=1S/C12H15F3N6O/c13-12(14,15)8-19-11(17)21-10-2-5-18-9(20-10)3-7-22-6-1-4-16/h2,5H,1,3,6-8H2,(H3,17,18,19,20,21). The highest BCUT2D eigenvalue weighted by atomic mass is 19.4. The second-order valence-electron chi connectivity index (χ2n) is 4.07. The van der Waals surface area contributed by atoms with Gasteiger partial charge < -0.3 is 15.8 Å². The number of nitrogens with two attached hydrogens (primary N) is 1. The van der Waals surface area contributed by atoms with Gasteiger partial charge >= 0.3 is 6.18 Å². The Bertz CT molecular complexity index is 540. The average Bonchev–Trinajstić information content (AvgIpc) is 2.45. The highest BCUT2D eigenvalue weighted by Gasteiger charge is 2.26. The van der Waals surface area contributed by atoms with E-state index in [4.69, 9.17) is 15.7 Å². The van der Waals surface area contributed by atoms with Gasteiger partial charge in [-0.2, -0.15) is 18.4 Å². The lowest BCUT2D eigenvalue weighted by Crippen LogP contribution is -2.26. The molecule has 0 aliphatic rings. The molecule has 1 aromatic rings. The molecular formula is C12H15F3N6O. The number of guanidine groups is 1. The Kier molecular flexibility index (Phi) is 7.04. The molecule has 1 heterocycles. The summed E-state index contributed by atoms with van der Waals surface area (Å²) in [6.45, 7) is -0.704. The maximum Gasteiger partial charge on any atom is 0.408 e. The number of alkyl halides is 3. The van der Waals surface area contributed by atoms with E-state index in [9.17, 15) is 13.2 Å². The van der Waals surface area contributed by atoms with Gasteiger partial charge in [0.05, 0.1) is 25.7 Å². The number of anilines is 1. The molecule has 0 radical (unpaired) electrons. The molecule has 0 bridgehead atoms. The van der Waals surface area contributed by atoms with E-state index in [0.29, 0.717) is 31.9 Å². The third-order valence-electron chi connectivity index (χ3n) is 2.22. The van der Waals surface area contributed by atoms with Gasteiger partial charge in [-0.1, -0.05) is 0 Å². The van der Waals surface area contributed by atoms with E-state index in [1.165, 1.54) is 12.3 Å². The Morgan fingerprint density at radius 2 is 2.23 bits per heavy atom. The van der Waals surface area contributed by atoms with Gasteiger partial charge in [0.25, 0.3) is 0 Å². The molecule has 0 saturated heterocycles. The molecule has 0 aliphatic heterocycles. The van der Waals surface area contributed by atoms with Gasteiger partial charge in [-0.05, 0) is 6.07 Å². The van der Waals surface area contributed by atoms with Crippen molar-refractivity contribution in [2.75, 3.05) is 25.1 Å². The summed E-state index contributed by atoms with van der Waals surface area (Å²) in [5.41, 5.74) is 5.34. The van der Waals surface area contributed by atoms with E-state index in [1.807, 2.05) is 6.07 Å². The van der Waals surface area contributed by atoms with Crippen LogP contribution in [0.1, 0.15) is 12.2 Å². The van der Waals surface area contributed by atoms with Crippen molar-refractivity contribution in [2.45, 2.75) is 19.0 Å². The largest absolute Gasteiger partial charge is 0.408 e. The predicted molar refractivity (Wildman–Crippen MR) is 73.0 cm³/mol. The van der Waals surface area contributed by atoms with Crippen LogP contribution in [0.15, 0.2) is 17.3 Å². The first kappa shape index (κ1) is 17.6. The van der Waals surface area contributed by atoms with E-state index in [2.05, 4.69) is 20.3 Å². The summed E-state index contributed by atoms with van der Waals surface area (Å²) in [6, 6.07) is 3.40. The Labute approximate surface area is 125 Å². The molecule has 0 fully saturated rings. The Hall–Kier alpha value is -2.41. The quantitative estimate of drug-likeness (QED) is 0.445. The molecule has 0 aliphatic carbocycles. The maximum atomic E-state index is 12.0. The topological polar surface area (TPSA) is 109 Å². The van der Waals surface area contributed by atoms with Gasteiger partial charge in [0.1, 0.15) is 18.2 Å².